The van der Waals surface area contributed by atoms with Crippen LogP contribution in [0.3, 0.4) is 0 Å². The molecule has 1 N–H and O–H groups in total. The molecule has 0 unspecified atom stereocenters. The monoisotopic (exact) mass is 572 g/mol. The Morgan fingerprint density at radius 3 is 2.57 bits per heavy atom. The van der Waals surface area contributed by atoms with Crippen molar-refractivity contribution < 1.29 is 18.9 Å². The topological polar surface area (TPSA) is 117 Å². The Balaban J connectivity index is 1.27. The van der Waals surface area contributed by atoms with Crippen molar-refractivity contribution in [2.75, 3.05) is 20.0 Å². The maximum absolute atomic E-state index is 13.5. The molecule has 4 heterocycles. The van der Waals surface area contributed by atoms with E-state index in [2.05, 4.69) is 43.1 Å². The van der Waals surface area contributed by atoms with Crippen LogP contribution in [-0.2, 0) is 13.1 Å². The number of hydrogen-bond donors (Lipinski definition) is 1. The smallest absolute Gasteiger partial charge is 0.252 e. The number of aromatic amines is 1. The standard InChI is InChI=1S/C31H36N6O5/c1-2-6-25(30-33-34-35-37(30)23-7-4-3-5-8-23)36(17-20-9-10-26-27(13-20)42-19-41-26)18-22-14-21-15-28-29(40-12-11-39-28)16-24(21)32-31(22)38/h9-10,13-16,23,25H,2-8,11-12,17-19H2,1H3,(H,32,38)/t25-/m0/s1. The summed E-state index contributed by atoms with van der Waals surface area (Å²) in [4.78, 5) is 18.9. The summed E-state index contributed by atoms with van der Waals surface area (Å²) in [5.74, 6) is 3.69. The molecular weight excluding hydrogens is 536 g/mol. The number of aromatic nitrogens is 5. The Kier molecular flexibility index (Phi) is 7.41. The van der Waals surface area contributed by atoms with Crippen molar-refractivity contribution in [1.82, 2.24) is 30.1 Å². The number of nitrogens with one attached hydrogen (secondary N) is 1. The molecule has 2 aromatic heterocycles. The average Bonchev–Trinajstić information content (AvgIpc) is 3.69. The van der Waals surface area contributed by atoms with Crippen LogP contribution in [0.2, 0.25) is 0 Å². The Morgan fingerprint density at radius 2 is 1.74 bits per heavy atom. The zero-order valence-corrected chi connectivity index (χ0v) is 23.9. The number of pyridine rings is 1. The van der Waals surface area contributed by atoms with Gasteiger partial charge in [-0.1, -0.05) is 38.7 Å². The molecule has 42 heavy (non-hydrogen) atoms. The van der Waals surface area contributed by atoms with Gasteiger partial charge in [0.1, 0.15) is 13.2 Å². The van der Waals surface area contributed by atoms with Crippen molar-refractivity contribution in [3.63, 3.8) is 0 Å². The third kappa shape index (κ3) is 5.29. The molecule has 0 radical (unpaired) electrons. The van der Waals surface area contributed by atoms with Crippen LogP contribution in [0.15, 0.2) is 41.2 Å². The summed E-state index contributed by atoms with van der Waals surface area (Å²) in [5, 5.41) is 14.1. The Morgan fingerprint density at radius 1 is 0.952 bits per heavy atom. The summed E-state index contributed by atoms with van der Waals surface area (Å²) >= 11 is 0. The van der Waals surface area contributed by atoms with Crippen LogP contribution in [0, 0.1) is 0 Å². The fourth-order valence-electron chi connectivity index (χ4n) is 6.43. The number of benzene rings is 2. The lowest BCUT2D eigenvalue weighted by atomic mass is 9.95. The van der Waals surface area contributed by atoms with Gasteiger partial charge in [-0.2, -0.15) is 0 Å². The third-order valence-corrected chi connectivity index (χ3v) is 8.52. The molecule has 220 valence electrons. The van der Waals surface area contributed by atoms with E-state index in [1.54, 1.807) is 0 Å². The van der Waals surface area contributed by atoms with Gasteiger partial charge in [-0.3, -0.25) is 9.69 Å². The van der Waals surface area contributed by atoms with Gasteiger partial charge >= 0.3 is 0 Å². The molecule has 1 atom stereocenters. The lowest BCUT2D eigenvalue weighted by molar-refractivity contribution is 0.150. The molecule has 1 fully saturated rings. The van der Waals surface area contributed by atoms with E-state index in [-0.39, 0.29) is 18.4 Å². The first-order valence-corrected chi connectivity index (χ1v) is 15.0. The van der Waals surface area contributed by atoms with E-state index in [1.807, 2.05) is 30.3 Å². The van der Waals surface area contributed by atoms with Crippen molar-refractivity contribution in [3.05, 3.63) is 63.7 Å². The second-order valence-electron chi connectivity index (χ2n) is 11.4. The van der Waals surface area contributed by atoms with Gasteiger partial charge in [0.2, 0.25) is 6.79 Å². The average molecular weight is 573 g/mol. The number of hydrogen-bond acceptors (Lipinski definition) is 9. The van der Waals surface area contributed by atoms with Crippen LogP contribution in [-0.4, -0.2) is 50.1 Å². The maximum Gasteiger partial charge on any atom is 0.252 e. The minimum absolute atomic E-state index is 0.0901. The van der Waals surface area contributed by atoms with Crippen LogP contribution < -0.4 is 24.5 Å². The summed E-state index contributed by atoms with van der Waals surface area (Å²) in [6, 6.07) is 12.0. The largest absolute Gasteiger partial charge is 0.486 e. The Bertz CT molecular complexity index is 1630. The Labute approximate surface area is 243 Å². The molecule has 0 amide bonds. The molecule has 3 aliphatic rings. The minimum Gasteiger partial charge on any atom is -0.486 e. The molecule has 11 heteroatoms. The predicted molar refractivity (Wildman–Crippen MR) is 155 cm³/mol. The highest BCUT2D eigenvalue weighted by Crippen LogP contribution is 2.37. The first-order valence-electron chi connectivity index (χ1n) is 15.0. The van der Waals surface area contributed by atoms with Gasteiger partial charge in [0.15, 0.2) is 28.8 Å². The van der Waals surface area contributed by atoms with Crippen LogP contribution >= 0.6 is 0 Å². The molecule has 7 rings (SSSR count). The molecule has 0 spiro atoms. The number of rotatable bonds is 9. The van der Waals surface area contributed by atoms with Crippen LogP contribution in [0.25, 0.3) is 10.9 Å². The molecule has 1 aliphatic carbocycles. The van der Waals surface area contributed by atoms with E-state index in [0.717, 1.165) is 59.5 Å². The van der Waals surface area contributed by atoms with Crippen molar-refractivity contribution in [3.8, 4) is 23.0 Å². The van der Waals surface area contributed by atoms with Gasteiger partial charge in [0.05, 0.1) is 17.6 Å². The summed E-state index contributed by atoms with van der Waals surface area (Å²) in [7, 11) is 0. The van der Waals surface area contributed by atoms with Crippen LogP contribution in [0.5, 0.6) is 23.0 Å². The summed E-state index contributed by atoms with van der Waals surface area (Å²) in [6.07, 6.45) is 7.59. The van der Waals surface area contributed by atoms with Crippen molar-refractivity contribution in [1.29, 1.82) is 0 Å². The highest BCUT2D eigenvalue weighted by molar-refractivity contribution is 5.83. The molecule has 0 bridgehead atoms. The Hall–Kier alpha value is -4.12. The van der Waals surface area contributed by atoms with E-state index < -0.39 is 0 Å². The molecule has 2 aromatic carbocycles. The number of fused-ring (bicyclic) bond motifs is 3. The van der Waals surface area contributed by atoms with Gasteiger partial charge in [0.25, 0.3) is 5.56 Å². The minimum atomic E-state index is -0.128. The maximum atomic E-state index is 13.5. The second-order valence-corrected chi connectivity index (χ2v) is 11.4. The highest BCUT2D eigenvalue weighted by atomic mass is 16.7. The van der Waals surface area contributed by atoms with E-state index in [1.165, 1.54) is 19.3 Å². The molecular formula is C31H36N6O5. The van der Waals surface area contributed by atoms with Crippen LogP contribution in [0.1, 0.15) is 80.9 Å². The van der Waals surface area contributed by atoms with Gasteiger partial charge in [-0.05, 0) is 59.5 Å². The summed E-state index contributed by atoms with van der Waals surface area (Å²) < 4.78 is 24.8. The normalized spacial score (nSPS) is 17.2. The number of H-pyrrole nitrogens is 1. The zero-order valence-electron chi connectivity index (χ0n) is 23.9. The zero-order chi connectivity index (χ0) is 28.5. The quantitative estimate of drug-likeness (QED) is 0.294. The third-order valence-electron chi connectivity index (χ3n) is 8.52. The highest BCUT2D eigenvalue weighted by Gasteiger charge is 2.30. The molecule has 4 aromatic rings. The van der Waals surface area contributed by atoms with Gasteiger partial charge in [-0.15, -0.1) is 5.10 Å². The molecule has 11 nitrogen and oxygen atoms in total. The number of tetrazole rings is 1. The van der Waals surface area contributed by atoms with Gasteiger partial charge in [0, 0.05) is 30.1 Å². The lowest BCUT2D eigenvalue weighted by Gasteiger charge is -2.32. The van der Waals surface area contributed by atoms with Crippen LogP contribution in [0.4, 0.5) is 0 Å². The first kappa shape index (κ1) is 26.8. The fourth-order valence-corrected chi connectivity index (χ4v) is 6.43. The van der Waals surface area contributed by atoms with E-state index >= 15 is 0 Å². The summed E-state index contributed by atoms with van der Waals surface area (Å²) in [6.45, 7) is 4.39. The van der Waals surface area contributed by atoms with Crippen molar-refractivity contribution in [2.45, 2.75) is 77.0 Å². The van der Waals surface area contributed by atoms with E-state index in [0.29, 0.717) is 49.4 Å². The summed E-state index contributed by atoms with van der Waals surface area (Å²) in [5.41, 5.74) is 2.32. The SMILES string of the molecule is CCC[C@@H](c1nnnn1C1CCCCC1)N(Cc1ccc2c(c1)OCO2)Cc1cc2cc3c(cc2[nH]c1=O)OCCO3. The fraction of sp³-hybridized carbons (Fsp3) is 0.484. The van der Waals surface area contributed by atoms with Crippen molar-refractivity contribution >= 4 is 10.9 Å². The second kappa shape index (κ2) is 11.6. The number of nitrogens with zero attached hydrogens (tertiary/aromatic N) is 5. The van der Waals surface area contributed by atoms with Crippen molar-refractivity contribution in [2.24, 2.45) is 0 Å². The molecule has 2 aliphatic heterocycles. The predicted octanol–water partition coefficient (Wildman–Crippen LogP) is 5.06. The van der Waals surface area contributed by atoms with E-state index in [4.69, 9.17) is 18.9 Å². The lowest BCUT2D eigenvalue weighted by Crippen LogP contribution is -2.33. The number of ether oxygens (including phenoxy) is 4. The molecule has 0 saturated heterocycles. The van der Waals surface area contributed by atoms with Gasteiger partial charge in [-0.25, -0.2) is 4.68 Å². The molecule has 1 saturated carbocycles. The van der Waals surface area contributed by atoms with E-state index in [9.17, 15) is 4.79 Å². The van der Waals surface area contributed by atoms with Gasteiger partial charge < -0.3 is 23.9 Å². The first-order chi connectivity index (χ1) is 20.7.